The van der Waals surface area contributed by atoms with E-state index in [-0.39, 0.29) is 11.6 Å². The minimum atomic E-state index is -4.53. The van der Waals surface area contributed by atoms with Gasteiger partial charge in [-0.05, 0) is 25.0 Å². The lowest BCUT2D eigenvalue weighted by Crippen LogP contribution is -2.31. The molecule has 22 heavy (non-hydrogen) atoms. The fourth-order valence-corrected chi connectivity index (χ4v) is 2.46. The number of likely N-dealkylation sites (tertiary alicyclic amines) is 1. The summed E-state index contributed by atoms with van der Waals surface area (Å²) in [6, 6.07) is 1.60. The van der Waals surface area contributed by atoms with Crippen molar-refractivity contribution in [2.45, 2.75) is 25.1 Å². The van der Waals surface area contributed by atoms with Crippen LogP contribution >= 0.6 is 0 Å². The molecular formula is C13H11F3N4O2. The van der Waals surface area contributed by atoms with Crippen molar-refractivity contribution in [3.63, 3.8) is 0 Å². The molecule has 0 bridgehead atoms. The first-order valence-corrected chi connectivity index (χ1v) is 6.57. The fraction of sp³-hybridized carbons (Fsp3) is 0.385. The molecule has 1 unspecified atom stereocenters. The Balaban J connectivity index is 1.81. The van der Waals surface area contributed by atoms with Crippen LogP contribution in [0.25, 0.3) is 0 Å². The van der Waals surface area contributed by atoms with Crippen LogP contribution in [-0.2, 0) is 6.18 Å². The van der Waals surface area contributed by atoms with Crippen LogP contribution in [0.1, 0.15) is 40.8 Å². The summed E-state index contributed by atoms with van der Waals surface area (Å²) in [4.78, 5) is 21.2. The second kappa shape index (κ2) is 5.39. The first-order chi connectivity index (χ1) is 10.5. The molecule has 2 aromatic heterocycles. The zero-order chi connectivity index (χ0) is 15.7. The summed E-state index contributed by atoms with van der Waals surface area (Å²) in [6.07, 6.45) is -0.965. The van der Waals surface area contributed by atoms with Gasteiger partial charge in [-0.15, -0.1) is 0 Å². The molecule has 1 saturated heterocycles. The minimum Gasteiger partial charge on any atom is -0.343 e. The molecule has 6 nitrogen and oxygen atoms in total. The van der Waals surface area contributed by atoms with Gasteiger partial charge in [0.1, 0.15) is 5.69 Å². The highest BCUT2D eigenvalue weighted by Gasteiger charge is 2.35. The molecule has 0 spiro atoms. The summed E-state index contributed by atoms with van der Waals surface area (Å²) in [5.74, 6) is -0.000699. The third kappa shape index (κ3) is 2.66. The van der Waals surface area contributed by atoms with Crippen LogP contribution in [0.4, 0.5) is 13.2 Å². The predicted molar refractivity (Wildman–Crippen MR) is 66.5 cm³/mol. The molecule has 3 heterocycles. The number of amides is 1. The number of hydrogen-bond acceptors (Lipinski definition) is 5. The standard InChI is InChI=1S/C13H11F3N4O2/c14-13(15,16)10-4-3-8(6-17-10)12(21)20-5-1-2-9(20)11-18-7-22-19-11/h3-4,6-7,9H,1-2,5H2. The maximum Gasteiger partial charge on any atom is 0.433 e. The molecule has 0 radical (unpaired) electrons. The third-order valence-corrected chi connectivity index (χ3v) is 3.49. The molecule has 1 aliphatic heterocycles. The average Bonchev–Trinajstić information content (AvgIpc) is 3.16. The van der Waals surface area contributed by atoms with Gasteiger partial charge in [0.05, 0.1) is 11.6 Å². The molecule has 1 atom stereocenters. The Labute approximate surface area is 122 Å². The molecule has 1 amide bonds. The van der Waals surface area contributed by atoms with Crippen molar-refractivity contribution >= 4 is 5.91 Å². The Morgan fingerprint density at radius 3 is 2.73 bits per heavy atom. The second-order valence-electron chi connectivity index (χ2n) is 4.88. The molecular weight excluding hydrogens is 301 g/mol. The predicted octanol–water partition coefficient (Wildman–Crippen LogP) is 2.46. The van der Waals surface area contributed by atoms with E-state index in [0.717, 1.165) is 24.8 Å². The van der Waals surface area contributed by atoms with Crippen molar-refractivity contribution in [1.82, 2.24) is 20.0 Å². The van der Waals surface area contributed by atoms with E-state index in [2.05, 4.69) is 19.6 Å². The summed E-state index contributed by atoms with van der Waals surface area (Å²) in [7, 11) is 0. The van der Waals surface area contributed by atoms with Gasteiger partial charge in [0.25, 0.3) is 5.91 Å². The fourth-order valence-electron chi connectivity index (χ4n) is 2.46. The highest BCUT2D eigenvalue weighted by Crippen LogP contribution is 2.32. The normalized spacial score (nSPS) is 18.7. The van der Waals surface area contributed by atoms with E-state index >= 15 is 0 Å². The van der Waals surface area contributed by atoms with Gasteiger partial charge in [0, 0.05) is 12.7 Å². The van der Waals surface area contributed by atoms with E-state index < -0.39 is 17.8 Å². The van der Waals surface area contributed by atoms with Crippen LogP contribution in [0.3, 0.4) is 0 Å². The molecule has 2 aromatic rings. The van der Waals surface area contributed by atoms with E-state index in [1.807, 2.05) is 0 Å². The van der Waals surface area contributed by atoms with Crippen molar-refractivity contribution in [3.8, 4) is 0 Å². The highest BCUT2D eigenvalue weighted by molar-refractivity contribution is 5.94. The SMILES string of the molecule is O=C(c1ccc(C(F)(F)F)nc1)N1CCCC1c1ncon1. The van der Waals surface area contributed by atoms with Gasteiger partial charge in [-0.1, -0.05) is 5.16 Å². The van der Waals surface area contributed by atoms with E-state index in [1.165, 1.54) is 11.3 Å². The van der Waals surface area contributed by atoms with Crippen LogP contribution in [0.5, 0.6) is 0 Å². The summed E-state index contributed by atoms with van der Waals surface area (Å²) in [5, 5.41) is 3.73. The number of carbonyl (C=O) groups excluding carboxylic acids is 1. The molecule has 1 aliphatic rings. The van der Waals surface area contributed by atoms with E-state index in [0.29, 0.717) is 18.8 Å². The average molecular weight is 312 g/mol. The number of nitrogens with zero attached hydrogens (tertiary/aromatic N) is 4. The van der Waals surface area contributed by atoms with Crippen molar-refractivity contribution in [1.29, 1.82) is 0 Å². The zero-order valence-corrected chi connectivity index (χ0v) is 11.2. The third-order valence-electron chi connectivity index (χ3n) is 3.49. The van der Waals surface area contributed by atoms with Crippen molar-refractivity contribution < 1.29 is 22.5 Å². The number of pyridine rings is 1. The van der Waals surface area contributed by atoms with E-state index in [4.69, 9.17) is 0 Å². The molecule has 0 saturated carbocycles. The summed E-state index contributed by atoms with van der Waals surface area (Å²) in [5.41, 5.74) is -0.927. The molecule has 0 aliphatic carbocycles. The monoisotopic (exact) mass is 312 g/mol. The molecule has 9 heteroatoms. The van der Waals surface area contributed by atoms with Gasteiger partial charge in [-0.3, -0.25) is 9.78 Å². The number of aromatic nitrogens is 3. The van der Waals surface area contributed by atoms with Crippen molar-refractivity contribution in [2.24, 2.45) is 0 Å². The zero-order valence-electron chi connectivity index (χ0n) is 11.2. The van der Waals surface area contributed by atoms with Crippen LogP contribution < -0.4 is 0 Å². The van der Waals surface area contributed by atoms with Gasteiger partial charge < -0.3 is 9.42 Å². The largest absolute Gasteiger partial charge is 0.433 e. The smallest absolute Gasteiger partial charge is 0.343 e. The van der Waals surface area contributed by atoms with E-state index in [9.17, 15) is 18.0 Å². The Bertz CT molecular complexity index is 655. The van der Waals surface area contributed by atoms with Gasteiger partial charge >= 0.3 is 6.18 Å². The molecule has 0 aromatic carbocycles. The number of carbonyl (C=O) groups is 1. The van der Waals surface area contributed by atoms with Crippen LogP contribution in [0, 0.1) is 0 Å². The first-order valence-electron chi connectivity index (χ1n) is 6.57. The van der Waals surface area contributed by atoms with Gasteiger partial charge in [0.2, 0.25) is 6.39 Å². The van der Waals surface area contributed by atoms with Crippen molar-refractivity contribution in [3.05, 3.63) is 41.8 Å². The Kier molecular flexibility index (Phi) is 3.55. The molecule has 1 fully saturated rings. The lowest BCUT2D eigenvalue weighted by Gasteiger charge is -2.22. The van der Waals surface area contributed by atoms with Crippen LogP contribution in [-0.4, -0.2) is 32.5 Å². The van der Waals surface area contributed by atoms with E-state index in [1.54, 1.807) is 0 Å². The highest BCUT2D eigenvalue weighted by atomic mass is 19.4. The maximum absolute atomic E-state index is 12.5. The topological polar surface area (TPSA) is 72.1 Å². The number of halogens is 3. The second-order valence-corrected chi connectivity index (χ2v) is 4.88. The lowest BCUT2D eigenvalue weighted by atomic mass is 10.2. The summed E-state index contributed by atoms with van der Waals surface area (Å²) in [6.45, 7) is 0.485. The molecule has 3 rings (SSSR count). The number of alkyl halides is 3. The van der Waals surface area contributed by atoms with Crippen LogP contribution in [0.2, 0.25) is 0 Å². The van der Waals surface area contributed by atoms with Gasteiger partial charge in [0.15, 0.2) is 5.82 Å². The lowest BCUT2D eigenvalue weighted by molar-refractivity contribution is -0.141. The summed E-state index contributed by atoms with van der Waals surface area (Å²) < 4.78 is 42.1. The Hall–Kier alpha value is -2.45. The van der Waals surface area contributed by atoms with Crippen LogP contribution in [0.15, 0.2) is 29.2 Å². The molecule has 116 valence electrons. The van der Waals surface area contributed by atoms with Crippen molar-refractivity contribution in [2.75, 3.05) is 6.54 Å². The first kappa shape index (κ1) is 14.5. The maximum atomic E-state index is 12.5. The minimum absolute atomic E-state index is 0.100. The Morgan fingerprint density at radius 1 is 1.32 bits per heavy atom. The summed E-state index contributed by atoms with van der Waals surface area (Å²) >= 11 is 0. The number of rotatable bonds is 2. The van der Waals surface area contributed by atoms with Gasteiger partial charge in [-0.25, -0.2) is 0 Å². The Morgan fingerprint density at radius 2 is 2.14 bits per heavy atom. The molecule has 0 N–H and O–H groups in total. The quantitative estimate of drug-likeness (QED) is 0.852. The number of hydrogen-bond donors (Lipinski definition) is 0. The van der Waals surface area contributed by atoms with Gasteiger partial charge in [-0.2, -0.15) is 18.2 Å².